The van der Waals surface area contributed by atoms with Gasteiger partial charge in [0.25, 0.3) is 0 Å². The van der Waals surface area contributed by atoms with Gasteiger partial charge in [-0.15, -0.1) is 0 Å². The molecule has 0 saturated carbocycles. The zero-order valence-corrected chi connectivity index (χ0v) is 15.9. The number of ether oxygens (including phenoxy) is 2. The summed E-state index contributed by atoms with van der Waals surface area (Å²) in [5, 5.41) is 24.6. The van der Waals surface area contributed by atoms with Gasteiger partial charge in [-0.05, 0) is 24.8 Å². The molecule has 2 heterocycles. The van der Waals surface area contributed by atoms with E-state index in [-0.39, 0.29) is 29.6 Å². The van der Waals surface area contributed by atoms with E-state index >= 15 is 0 Å². The summed E-state index contributed by atoms with van der Waals surface area (Å²) in [6.07, 6.45) is 9.06. The van der Waals surface area contributed by atoms with Crippen molar-refractivity contribution in [2.75, 3.05) is 38.2 Å². The summed E-state index contributed by atoms with van der Waals surface area (Å²) in [6.45, 7) is 0.582. The molecule has 0 aliphatic heterocycles. The van der Waals surface area contributed by atoms with Crippen LogP contribution in [0.4, 0.5) is 5.69 Å². The van der Waals surface area contributed by atoms with Crippen molar-refractivity contribution in [2.45, 2.75) is 6.73 Å². The molecule has 0 unspecified atom stereocenters. The molecule has 0 bridgehead atoms. The Hall–Kier alpha value is -2.64. The van der Waals surface area contributed by atoms with Gasteiger partial charge in [0.05, 0.1) is 29.8 Å². The van der Waals surface area contributed by atoms with Crippen LogP contribution in [0.3, 0.4) is 0 Å². The Kier molecular flexibility index (Phi) is 6.18. The number of nitro groups is 1. The minimum absolute atomic E-state index is 0.0542. The molecular weight excluding hydrogens is 358 g/mol. The van der Waals surface area contributed by atoms with Crippen LogP contribution in [0.5, 0.6) is 5.88 Å². The highest BCUT2D eigenvalue weighted by atomic mass is 32.3. The molecule has 0 saturated heterocycles. The molecule has 10 heteroatoms. The largest absolute Gasteiger partial charge is 0.481 e. The van der Waals surface area contributed by atoms with Crippen LogP contribution in [-0.2, 0) is 11.5 Å². The van der Waals surface area contributed by atoms with Gasteiger partial charge in [0.15, 0.2) is 5.69 Å². The lowest BCUT2D eigenvalue weighted by Crippen LogP contribution is -2.12. The molecule has 2 aromatic rings. The third kappa shape index (κ3) is 4.71. The molecule has 0 spiro atoms. The first-order valence-electron chi connectivity index (χ1n) is 7.65. The lowest BCUT2D eigenvalue weighted by molar-refractivity contribution is -0.384. The number of nitrogens with zero attached hydrogens (tertiary/aromatic N) is 5. The third-order valence-electron chi connectivity index (χ3n) is 3.50. The smallest absolute Gasteiger partial charge is 0.315 e. The van der Waals surface area contributed by atoms with E-state index in [1.807, 2.05) is 6.07 Å². The first kappa shape index (κ1) is 19.7. The lowest BCUT2D eigenvalue weighted by Gasteiger charge is -2.24. The van der Waals surface area contributed by atoms with E-state index in [1.54, 1.807) is 0 Å². The number of rotatable bonds is 8. The molecule has 140 valence electrons. The van der Waals surface area contributed by atoms with Gasteiger partial charge in [0.1, 0.15) is 19.0 Å². The molecule has 0 N–H and O–H groups in total. The van der Waals surface area contributed by atoms with Crippen LogP contribution in [0.2, 0.25) is 0 Å². The van der Waals surface area contributed by atoms with Gasteiger partial charge < -0.3 is 9.47 Å². The fourth-order valence-electron chi connectivity index (χ4n) is 2.19. The average Bonchev–Trinajstić information content (AvgIpc) is 3.01. The maximum absolute atomic E-state index is 11.4. The summed E-state index contributed by atoms with van der Waals surface area (Å²) in [7, 11) is 0.712. The first-order valence-corrected chi connectivity index (χ1v) is 10.7. The summed E-state index contributed by atoms with van der Waals surface area (Å²) < 4.78 is 12.2. The monoisotopic (exact) mass is 379 g/mol. The van der Waals surface area contributed by atoms with Crippen LogP contribution in [0.1, 0.15) is 5.56 Å². The lowest BCUT2D eigenvalue weighted by atomic mass is 10.1. The van der Waals surface area contributed by atoms with Gasteiger partial charge >= 0.3 is 5.69 Å². The highest BCUT2D eigenvalue weighted by Gasteiger charge is 2.26. The molecule has 0 aromatic carbocycles. The Morgan fingerprint density at radius 2 is 2.12 bits per heavy atom. The summed E-state index contributed by atoms with van der Waals surface area (Å²) in [5.74, 6) is 1.09. The fraction of sp³-hybridized carbons (Fsp3) is 0.438. The van der Waals surface area contributed by atoms with Gasteiger partial charge in [-0.25, -0.2) is 19.7 Å². The molecule has 0 aliphatic carbocycles. The highest BCUT2D eigenvalue weighted by molar-refractivity contribution is 8.32. The standard InChI is InChI=1S/C16H21N5O4S/c1-24-16-13(7-12(8-17)9-18-16)15-14(21(22)23)10-19-20(15)11-25-5-6-26(2,3)4/h7,9-10H,5-6,11H2,1-4H3. The Morgan fingerprint density at radius 1 is 1.38 bits per heavy atom. The Labute approximate surface area is 153 Å². The zero-order chi connectivity index (χ0) is 19.3. The molecule has 0 atom stereocenters. The molecule has 26 heavy (non-hydrogen) atoms. The van der Waals surface area contributed by atoms with E-state index in [2.05, 4.69) is 28.8 Å². The van der Waals surface area contributed by atoms with Gasteiger partial charge in [-0.3, -0.25) is 10.1 Å². The molecule has 0 fully saturated rings. The second-order valence-electron chi connectivity index (χ2n) is 6.36. The predicted octanol–water partition coefficient (Wildman–Crippen LogP) is 2.40. The normalized spacial score (nSPS) is 11.8. The topological polar surface area (TPSA) is 116 Å². The van der Waals surface area contributed by atoms with Crippen molar-refractivity contribution < 1.29 is 14.4 Å². The van der Waals surface area contributed by atoms with Crippen molar-refractivity contribution >= 4 is 15.7 Å². The Morgan fingerprint density at radius 3 is 2.69 bits per heavy atom. The summed E-state index contributed by atoms with van der Waals surface area (Å²) in [6, 6.07) is 3.46. The molecule has 2 aromatic heterocycles. The van der Waals surface area contributed by atoms with Gasteiger partial charge in [-0.2, -0.15) is 10.4 Å². The van der Waals surface area contributed by atoms with E-state index in [9.17, 15) is 10.1 Å². The summed E-state index contributed by atoms with van der Waals surface area (Å²) >= 11 is 0. The molecule has 9 nitrogen and oxygen atoms in total. The summed E-state index contributed by atoms with van der Waals surface area (Å²) in [5.41, 5.74) is 0.575. The minimum atomic E-state index is -0.698. The Bertz CT molecular complexity index is 838. The fourth-order valence-corrected chi connectivity index (χ4v) is 2.81. The quantitative estimate of drug-likeness (QED) is 0.393. The first-order chi connectivity index (χ1) is 12.3. The van der Waals surface area contributed by atoms with Crippen molar-refractivity contribution in [1.82, 2.24) is 14.8 Å². The van der Waals surface area contributed by atoms with Crippen molar-refractivity contribution in [3.05, 3.63) is 34.1 Å². The maximum atomic E-state index is 11.4. The van der Waals surface area contributed by atoms with Crippen LogP contribution in [0.25, 0.3) is 11.3 Å². The Balaban J connectivity index is 2.39. The van der Waals surface area contributed by atoms with Crippen LogP contribution in [0.15, 0.2) is 18.5 Å². The molecule has 0 radical (unpaired) electrons. The molecule has 0 aliphatic rings. The van der Waals surface area contributed by atoms with Crippen LogP contribution in [-0.4, -0.2) is 57.9 Å². The van der Waals surface area contributed by atoms with E-state index in [0.29, 0.717) is 12.2 Å². The predicted molar refractivity (Wildman–Crippen MR) is 99.6 cm³/mol. The SMILES string of the molecule is COc1ncc(C#N)cc1-c1c([N+](=O)[O-])cnn1COCCS(C)(C)C. The average molecular weight is 379 g/mol. The number of hydrogen-bond donors (Lipinski definition) is 0. The van der Waals surface area contributed by atoms with Crippen molar-refractivity contribution in [3.8, 4) is 23.2 Å². The van der Waals surface area contributed by atoms with Crippen molar-refractivity contribution in [2.24, 2.45) is 0 Å². The molecular formula is C16H21N5O4S. The third-order valence-corrected chi connectivity index (χ3v) is 4.89. The van der Waals surface area contributed by atoms with Crippen LogP contribution < -0.4 is 4.74 Å². The number of methoxy groups -OCH3 is 1. The molecule has 0 amide bonds. The van der Waals surface area contributed by atoms with Crippen LogP contribution >= 0.6 is 10.0 Å². The van der Waals surface area contributed by atoms with Crippen LogP contribution in [0, 0.1) is 21.4 Å². The maximum Gasteiger partial charge on any atom is 0.315 e. The minimum Gasteiger partial charge on any atom is -0.481 e. The number of hydrogen-bond acceptors (Lipinski definition) is 7. The zero-order valence-electron chi connectivity index (χ0n) is 15.1. The second kappa shape index (κ2) is 8.16. The van der Waals surface area contributed by atoms with Gasteiger partial charge in [0.2, 0.25) is 5.88 Å². The second-order valence-corrected chi connectivity index (χ2v) is 10.9. The van der Waals surface area contributed by atoms with E-state index < -0.39 is 15.0 Å². The summed E-state index contributed by atoms with van der Waals surface area (Å²) in [4.78, 5) is 14.9. The van der Waals surface area contributed by atoms with Gasteiger partial charge in [-0.1, -0.05) is 0 Å². The number of pyridine rings is 1. The van der Waals surface area contributed by atoms with Crippen molar-refractivity contribution in [3.63, 3.8) is 0 Å². The van der Waals surface area contributed by atoms with E-state index in [4.69, 9.17) is 14.7 Å². The van der Waals surface area contributed by atoms with Crippen molar-refractivity contribution in [1.29, 1.82) is 5.26 Å². The van der Waals surface area contributed by atoms with E-state index in [0.717, 1.165) is 11.9 Å². The number of aromatic nitrogens is 3. The van der Waals surface area contributed by atoms with Gasteiger partial charge in [0, 0.05) is 11.9 Å². The highest BCUT2D eigenvalue weighted by Crippen LogP contribution is 2.36. The molecule has 2 rings (SSSR count). The van der Waals surface area contributed by atoms with E-state index in [1.165, 1.54) is 24.1 Å². The number of nitriles is 1.